The molecule has 0 spiro atoms. The lowest BCUT2D eigenvalue weighted by Gasteiger charge is -2.19. The van der Waals surface area contributed by atoms with Gasteiger partial charge in [-0.25, -0.2) is 4.39 Å². The van der Waals surface area contributed by atoms with E-state index >= 15 is 0 Å². The maximum absolute atomic E-state index is 13.4. The highest BCUT2D eigenvalue weighted by atomic mass is 35.5. The Morgan fingerprint density at radius 3 is 2.53 bits per heavy atom. The minimum absolute atomic E-state index is 0.318. The quantitative estimate of drug-likeness (QED) is 0.846. The van der Waals surface area contributed by atoms with E-state index in [4.69, 9.17) is 16.9 Å². The number of rotatable bonds is 3. The molecule has 2 aromatic rings. The number of halogens is 2. The Morgan fingerprint density at radius 1 is 1.21 bits per heavy atom. The highest BCUT2D eigenvalue weighted by Gasteiger charge is 2.06. The topological polar surface area (TPSA) is 27.0 Å². The van der Waals surface area contributed by atoms with Crippen LogP contribution in [0.5, 0.6) is 0 Å². The van der Waals surface area contributed by atoms with Gasteiger partial charge < -0.3 is 4.90 Å². The van der Waals surface area contributed by atoms with Crippen LogP contribution in [0.1, 0.15) is 11.1 Å². The largest absolute Gasteiger partial charge is 0.370 e. The minimum Gasteiger partial charge on any atom is -0.370 e. The van der Waals surface area contributed by atoms with Crippen LogP contribution in [-0.2, 0) is 6.54 Å². The molecule has 0 amide bonds. The molecule has 0 radical (unpaired) electrons. The van der Waals surface area contributed by atoms with Crippen molar-refractivity contribution in [2.45, 2.75) is 6.54 Å². The van der Waals surface area contributed by atoms with Crippen LogP contribution in [-0.4, -0.2) is 7.05 Å². The Balaban J connectivity index is 2.20. The summed E-state index contributed by atoms with van der Waals surface area (Å²) >= 11 is 5.83. The van der Waals surface area contributed by atoms with E-state index in [1.165, 1.54) is 12.1 Å². The fourth-order valence-corrected chi connectivity index (χ4v) is 1.94. The third kappa shape index (κ3) is 3.46. The summed E-state index contributed by atoms with van der Waals surface area (Å²) in [6, 6.07) is 13.7. The molecule has 0 saturated carbocycles. The van der Waals surface area contributed by atoms with Gasteiger partial charge in [-0.2, -0.15) is 5.26 Å². The van der Waals surface area contributed by atoms with Crippen molar-refractivity contribution in [3.63, 3.8) is 0 Å². The van der Waals surface area contributed by atoms with Crippen LogP contribution in [0.4, 0.5) is 10.1 Å². The van der Waals surface area contributed by atoms with Gasteiger partial charge in [0.1, 0.15) is 5.82 Å². The highest BCUT2D eigenvalue weighted by molar-refractivity contribution is 6.30. The molecule has 2 aromatic carbocycles. The van der Waals surface area contributed by atoms with Crippen LogP contribution in [0.15, 0.2) is 42.5 Å². The second kappa shape index (κ2) is 5.73. The van der Waals surface area contributed by atoms with Gasteiger partial charge in [-0.15, -0.1) is 0 Å². The average molecular weight is 275 g/mol. The van der Waals surface area contributed by atoms with Crippen LogP contribution in [0, 0.1) is 17.1 Å². The molecule has 0 atom stereocenters. The van der Waals surface area contributed by atoms with Crippen molar-refractivity contribution in [3.05, 3.63) is 64.4 Å². The fraction of sp³-hybridized carbons (Fsp3) is 0.133. The molecule has 0 heterocycles. The lowest BCUT2D eigenvalue weighted by atomic mass is 10.1. The summed E-state index contributed by atoms with van der Waals surface area (Å²) in [4.78, 5) is 1.88. The summed E-state index contributed by atoms with van der Waals surface area (Å²) in [6.45, 7) is 0.617. The average Bonchev–Trinajstić information content (AvgIpc) is 2.40. The van der Waals surface area contributed by atoms with Crippen molar-refractivity contribution in [2.75, 3.05) is 11.9 Å². The number of nitrogens with zero attached hydrogens (tertiary/aromatic N) is 2. The van der Waals surface area contributed by atoms with E-state index in [0.717, 1.165) is 5.56 Å². The van der Waals surface area contributed by atoms with Crippen molar-refractivity contribution in [1.29, 1.82) is 5.26 Å². The zero-order chi connectivity index (χ0) is 13.8. The summed E-state index contributed by atoms with van der Waals surface area (Å²) in [7, 11) is 1.85. The highest BCUT2D eigenvalue weighted by Crippen LogP contribution is 2.20. The monoisotopic (exact) mass is 274 g/mol. The van der Waals surface area contributed by atoms with Gasteiger partial charge in [-0.1, -0.05) is 23.7 Å². The van der Waals surface area contributed by atoms with Crippen molar-refractivity contribution in [3.8, 4) is 6.07 Å². The maximum atomic E-state index is 13.4. The van der Waals surface area contributed by atoms with E-state index in [9.17, 15) is 4.39 Å². The van der Waals surface area contributed by atoms with Crippen molar-refractivity contribution in [1.82, 2.24) is 0 Å². The Hall–Kier alpha value is -2.05. The van der Waals surface area contributed by atoms with Gasteiger partial charge in [-0.3, -0.25) is 0 Å². The summed E-state index contributed by atoms with van der Waals surface area (Å²) in [5.41, 5.74) is 2.05. The smallest absolute Gasteiger partial charge is 0.126 e. The molecular formula is C15H12ClFN2. The van der Waals surface area contributed by atoms with Crippen LogP contribution < -0.4 is 4.90 Å². The molecule has 0 saturated heterocycles. The lowest BCUT2D eigenvalue weighted by Crippen LogP contribution is -2.16. The van der Waals surface area contributed by atoms with E-state index < -0.39 is 5.82 Å². The summed E-state index contributed by atoms with van der Waals surface area (Å²) < 4.78 is 13.4. The van der Waals surface area contributed by atoms with Crippen LogP contribution in [0.3, 0.4) is 0 Å². The number of hydrogen-bond acceptors (Lipinski definition) is 2. The van der Waals surface area contributed by atoms with Gasteiger partial charge in [0.15, 0.2) is 0 Å². The van der Waals surface area contributed by atoms with Gasteiger partial charge in [0.25, 0.3) is 0 Å². The first-order chi connectivity index (χ1) is 9.08. The molecule has 0 aliphatic heterocycles. The first-order valence-electron chi connectivity index (χ1n) is 5.75. The molecule has 0 aromatic heterocycles. The zero-order valence-corrected chi connectivity index (χ0v) is 11.2. The van der Waals surface area contributed by atoms with Crippen LogP contribution in [0.2, 0.25) is 5.02 Å². The summed E-state index contributed by atoms with van der Waals surface area (Å²) in [5, 5.41) is 9.52. The Kier molecular flexibility index (Phi) is 4.03. The molecule has 96 valence electrons. The molecule has 0 N–H and O–H groups in total. The minimum atomic E-state index is -0.406. The molecule has 0 bridgehead atoms. The van der Waals surface area contributed by atoms with Gasteiger partial charge in [0.2, 0.25) is 0 Å². The third-order valence-electron chi connectivity index (χ3n) is 2.79. The standard InChI is InChI=1S/C15H12ClFN2/c1-19(10-11-2-4-13(16)5-3-11)15-7-12(9-18)6-14(17)8-15/h2-8H,10H2,1H3. The SMILES string of the molecule is CN(Cc1ccc(Cl)cc1)c1cc(F)cc(C#N)c1. The van der Waals surface area contributed by atoms with Gasteiger partial charge >= 0.3 is 0 Å². The van der Waals surface area contributed by atoms with Crippen LogP contribution >= 0.6 is 11.6 Å². The van der Waals surface area contributed by atoms with Crippen LogP contribution in [0.25, 0.3) is 0 Å². The van der Waals surface area contributed by atoms with E-state index in [1.807, 2.05) is 42.3 Å². The third-order valence-corrected chi connectivity index (χ3v) is 3.04. The molecule has 0 aliphatic rings. The van der Waals surface area contributed by atoms with E-state index in [-0.39, 0.29) is 0 Å². The molecule has 0 fully saturated rings. The number of benzene rings is 2. The molecule has 0 aliphatic carbocycles. The fourth-order valence-electron chi connectivity index (χ4n) is 1.81. The van der Waals surface area contributed by atoms with Gasteiger partial charge in [0, 0.05) is 24.3 Å². The Labute approximate surface area is 116 Å². The van der Waals surface area contributed by atoms with Crippen molar-refractivity contribution in [2.24, 2.45) is 0 Å². The summed E-state index contributed by atoms with van der Waals surface area (Å²) in [5.74, 6) is -0.406. The second-order valence-electron chi connectivity index (χ2n) is 4.29. The van der Waals surface area contributed by atoms with E-state index in [1.54, 1.807) is 6.07 Å². The molecule has 2 rings (SSSR count). The Morgan fingerprint density at radius 2 is 1.89 bits per heavy atom. The van der Waals surface area contributed by atoms with Gasteiger partial charge in [0.05, 0.1) is 11.6 Å². The molecular weight excluding hydrogens is 263 g/mol. The predicted molar refractivity (Wildman–Crippen MR) is 74.7 cm³/mol. The number of hydrogen-bond donors (Lipinski definition) is 0. The first-order valence-corrected chi connectivity index (χ1v) is 6.12. The Bertz CT molecular complexity index is 617. The number of anilines is 1. The van der Waals surface area contributed by atoms with Crippen molar-refractivity contribution < 1.29 is 4.39 Å². The van der Waals surface area contributed by atoms with E-state index in [0.29, 0.717) is 22.8 Å². The first kappa shape index (κ1) is 13.4. The lowest BCUT2D eigenvalue weighted by molar-refractivity contribution is 0.626. The normalized spacial score (nSPS) is 10.0. The second-order valence-corrected chi connectivity index (χ2v) is 4.73. The van der Waals surface area contributed by atoms with Crippen molar-refractivity contribution >= 4 is 17.3 Å². The zero-order valence-electron chi connectivity index (χ0n) is 10.4. The molecule has 2 nitrogen and oxygen atoms in total. The van der Waals surface area contributed by atoms with Gasteiger partial charge in [-0.05, 0) is 35.9 Å². The number of nitriles is 1. The van der Waals surface area contributed by atoms with E-state index in [2.05, 4.69) is 0 Å². The molecule has 4 heteroatoms. The predicted octanol–water partition coefficient (Wildman–Crippen LogP) is 3.99. The summed E-state index contributed by atoms with van der Waals surface area (Å²) in [6.07, 6.45) is 0. The molecule has 19 heavy (non-hydrogen) atoms. The maximum Gasteiger partial charge on any atom is 0.126 e. The molecule has 0 unspecified atom stereocenters.